The Bertz CT molecular complexity index is 218. The number of unbranched alkanes of at least 4 members (excludes halogenated alkanes) is 4. The number of carboxylic acid groups (broad SMARTS) is 1. The van der Waals surface area contributed by atoms with Crippen LogP contribution in [-0.4, -0.2) is 17.0 Å². The average molecular weight is 249 g/mol. The maximum Gasteiger partial charge on any atom is 0.330 e. The van der Waals surface area contributed by atoms with Crippen LogP contribution in [0.25, 0.3) is 0 Å². The lowest BCUT2D eigenvalue weighted by atomic mass is 10.1. The van der Waals surface area contributed by atoms with Crippen LogP contribution >= 0.6 is 0 Å². The van der Waals surface area contributed by atoms with E-state index in [-0.39, 0.29) is 16.2 Å². The zero-order chi connectivity index (χ0) is 13.0. The molecule has 1 amide bonds. The van der Waals surface area contributed by atoms with E-state index in [0.29, 0.717) is 6.42 Å². The number of primary amides is 1. The molecule has 4 nitrogen and oxygen atoms in total. The molecular weight excluding hydrogens is 225 g/mol. The molecule has 0 rings (SSSR count). The molecule has 0 atom stereocenters. The summed E-state index contributed by atoms with van der Waals surface area (Å²) >= 11 is 0. The second kappa shape index (κ2) is 14.6. The van der Waals surface area contributed by atoms with Crippen LogP contribution in [0.5, 0.6) is 0 Å². The van der Waals surface area contributed by atoms with Crippen LogP contribution in [0.2, 0.25) is 0 Å². The third-order valence-corrected chi connectivity index (χ3v) is 1.89. The lowest BCUT2D eigenvalue weighted by Gasteiger charge is -1.95. The van der Waals surface area contributed by atoms with Gasteiger partial charge in [-0.25, -0.2) is 4.79 Å². The van der Waals surface area contributed by atoms with Crippen molar-refractivity contribution in [1.29, 1.82) is 0 Å². The van der Waals surface area contributed by atoms with E-state index in [1.54, 1.807) is 0 Å². The normalized spacial score (nSPS) is 8.35. The highest BCUT2D eigenvalue weighted by molar-refractivity contribution is 5.84. The van der Waals surface area contributed by atoms with Crippen LogP contribution in [0.1, 0.15) is 52.4 Å². The number of nitrogens with two attached hydrogens (primary N) is 1. The molecule has 0 aliphatic heterocycles. The minimum Gasteiger partial charge on any atom is -0.478 e. The summed E-state index contributed by atoms with van der Waals surface area (Å²) in [7, 11) is 0. The predicted octanol–water partition coefficient (Wildman–Crippen LogP) is 2.63. The summed E-state index contributed by atoms with van der Waals surface area (Å²) in [6, 6.07) is 0. The number of carboxylic acids is 1. The fourth-order valence-corrected chi connectivity index (χ4v) is 0.903. The smallest absolute Gasteiger partial charge is 0.330 e. The fourth-order valence-electron chi connectivity index (χ4n) is 0.903. The summed E-state index contributed by atoms with van der Waals surface area (Å²) in [6.07, 6.45) is 6.44. The molecule has 0 unspecified atom stereocenters. The predicted molar refractivity (Wildman–Crippen MR) is 67.5 cm³/mol. The third kappa shape index (κ3) is 25.2. The Kier molecular flexibility index (Phi) is 18.0. The van der Waals surface area contributed by atoms with Crippen molar-refractivity contribution < 1.29 is 19.4 Å². The minimum absolute atomic E-state index is 0. The first-order valence-electron chi connectivity index (χ1n) is 5.58. The van der Waals surface area contributed by atoms with Crippen LogP contribution < -0.4 is 5.73 Å². The van der Waals surface area contributed by atoms with Crippen LogP contribution in [-0.2, 0) is 9.59 Å². The number of aliphatic carboxylic acids is 1. The molecule has 0 aromatic rings. The van der Waals surface area contributed by atoms with Crippen LogP contribution in [0.3, 0.4) is 0 Å². The molecule has 102 valence electrons. The number of halogens is 1. The number of rotatable bonds is 7. The van der Waals surface area contributed by atoms with Gasteiger partial charge < -0.3 is 10.8 Å². The summed E-state index contributed by atoms with van der Waals surface area (Å²) < 4.78 is 0. The molecule has 0 aromatic carbocycles. The van der Waals surface area contributed by atoms with Gasteiger partial charge in [0.05, 0.1) is 0 Å². The molecule has 0 saturated carbocycles. The highest BCUT2D eigenvalue weighted by Crippen LogP contribution is 2.03. The molecule has 17 heavy (non-hydrogen) atoms. The molecule has 0 saturated heterocycles. The molecule has 0 radical (unpaired) electrons. The molecule has 0 bridgehead atoms. The van der Waals surface area contributed by atoms with Crippen LogP contribution in [0, 0.1) is 0 Å². The van der Waals surface area contributed by atoms with E-state index >= 15 is 0 Å². The quantitative estimate of drug-likeness (QED) is 0.537. The van der Waals surface area contributed by atoms with Crippen molar-refractivity contribution in [1.82, 2.24) is 0 Å². The van der Waals surface area contributed by atoms with E-state index in [0.717, 1.165) is 12.8 Å². The van der Waals surface area contributed by atoms with Crippen molar-refractivity contribution in [3.05, 3.63) is 12.2 Å². The lowest BCUT2D eigenvalue weighted by molar-refractivity contribution is -0.132. The first-order valence-corrected chi connectivity index (χ1v) is 5.58. The van der Waals surface area contributed by atoms with Gasteiger partial charge in [0.25, 0.3) is 0 Å². The van der Waals surface area contributed by atoms with E-state index in [9.17, 15) is 9.59 Å². The standard InChI is InChI=1S/C8H17NO.C4H6O2.FH/c1-2-3-4-5-6-7-8(9)10;1-3(2)4(5)6;/h2-7H2,1H3,(H2,9,10);1H2,2H3,(H,5,6);1H. The zero-order valence-corrected chi connectivity index (χ0v) is 10.7. The number of hydrogen-bond acceptors (Lipinski definition) is 2. The van der Waals surface area contributed by atoms with Gasteiger partial charge in [-0.05, 0) is 13.3 Å². The van der Waals surface area contributed by atoms with Gasteiger partial charge in [-0.15, -0.1) is 0 Å². The fraction of sp³-hybridized carbons (Fsp3) is 0.667. The average Bonchev–Trinajstić information content (AvgIpc) is 2.18. The Morgan fingerprint density at radius 3 is 1.88 bits per heavy atom. The molecule has 0 fully saturated rings. The van der Waals surface area contributed by atoms with Crippen molar-refractivity contribution in [2.24, 2.45) is 5.73 Å². The second-order valence-corrected chi connectivity index (χ2v) is 3.72. The SMILES string of the molecule is C=C(C)C(=O)O.CCCCCCCC(N)=O.F. The van der Waals surface area contributed by atoms with Crippen LogP contribution in [0.15, 0.2) is 12.2 Å². The van der Waals surface area contributed by atoms with Gasteiger partial charge in [-0.1, -0.05) is 39.2 Å². The number of carbonyl (C=O) groups is 2. The van der Waals surface area contributed by atoms with Crippen molar-refractivity contribution in [3.63, 3.8) is 0 Å². The van der Waals surface area contributed by atoms with Gasteiger partial charge in [0.1, 0.15) is 0 Å². The Hall–Kier alpha value is -1.39. The van der Waals surface area contributed by atoms with Gasteiger partial charge in [0.2, 0.25) is 5.91 Å². The monoisotopic (exact) mass is 249 g/mol. The molecular formula is C12H24FNO3. The third-order valence-electron chi connectivity index (χ3n) is 1.89. The summed E-state index contributed by atoms with van der Waals surface area (Å²) in [5.74, 6) is -1.11. The van der Waals surface area contributed by atoms with Gasteiger partial charge in [-0.3, -0.25) is 9.50 Å². The molecule has 5 heteroatoms. The topological polar surface area (TPSA) is 80.4 Å². The second-order valence-electron chi connectivity index (χ2n) is 3.72. The van der Waals surface area contributed by atoms with Gasteiger partial charge in [-0.2, -0.15) is 0 Å². The highest BCUT2D eigenvalue weighted by Gasteiger charge is 1.92. The molecule has 3 N–H and O–H groups in total. The maximum absolute atomic E-state index is 10.3. The van der Waals surface area contributed by atoms with E-state index in [4.69, 9.17) is 10.8 Å². The minimum atomic E-state index is -0.935. The van der Waals surface area contributed by atoms with Crippen molar-refractivity contribution in [3.8, 4) is 0 Å². The van der Waals surface area contributed by atoms with Crippen molar-refractivity contribution in [2.75, 3.05) is 0 Å². The van der Waals surface area contributed by atoms with E-state index in [1.165, 1.54) is 26.2 Å². The van der Waals surface area contributed by atoms with Gasteiger partial charge in [0, 0.05) is 12.0 Å². The zero-order valence-electron chi connectivity index (χ0n) is 10.7. The lowest BCUT2D eigenvalue weighted by Crippen LogP contribution is -2.09. The Morgan fingerprint density at radius 1 is 1.18 bits per heavy atom. The van der Waals surface area contributed by atoms with Gasteiger partial charge >= 0.3 is 5.97 Å². The highest BCUT2D eigenvalue weighted by atomic mass is 19.0. The van der Waals surface area contributed by atoms with E-state index < -0.39 is 5.97 Å². The number of hydrogen-bond donors (Lipinski definition) is 2. The summed E-state index contributed by atoms with van der Waals surface area (Å²) in [5.41, 5.74) is 5.14. The van der Waals surface area contributed by atoms with Crippen molar-refractivity contribution in [2.45, 2.75) is 52.4 Å². The van der Waals surface area contributed by atoms with E-state index in [1.807, 2.05) is 0 Å². The molecule has 0 aliphatic rings. The largest absolute Gasteiger partial charge is 0.478 e. The van der Waals surface area contributed by atoms with Gasteiger partial charge in [0.15, 0.2) is 0 Å². The molecule has 0 heterocycles. The molecule has 0 spiro atoms. The molecule has 0 aliphatic carbocycles. The van der Waals surface area contributed by atoms with Crippen LogP contribution in [0.4, 0.5) is 4.70 Å². The Balaban J connectivity index is -0.000000244. The summed E-state index contributed by atoms with van der Waals surface area (Å²) in [4.78, 5) is 19.9. The number of amides is 1. The first-order chi connectivity index (χ1) is 7.41. The first kappa shape index (κ1) is 21.0. The molecule has 0 aromatic heterocycles. The Labute approximate surface area is 102 Å². The Morgan fingerprint density at radius 2 is 1.59 bits per heavy atom. The number of carbonyl (C=O) groups excluding carboxylic acids is 1. The summed E-state index contributed by atoms with van der Waals surface area (Å²) in [6.45, 7) is 6.78. The van der Waals surface area contributed by atoms with Crippen molar-refractivity contribution >= 4 is 11.9 Å². The summed E-state index contributed by atoms with van der Waals surface area (Å²) in [5, 5.41) is 7.89. The van der Waals surface area contributed by atoms with E-state index in [2.05, 4.69) is 13.5 Å². The maximum atomic E-state index is 10.3.